The van der Waals surface area contributed by atoms with Crippen molar-refractivity contribution < 1.29 is 9.90 Å². The summed E-state index contributed by atoms with van der Waals surface area (Å²) in [5.74, 6) is -0.600. The number of alkyl halides is 1. The number of hydrogen-bond donors (Lipinski definition) is 1. The molecule has 0 aliphatic carbocycles. The van der Waals surface area contributed by atoms with E-state index < -0.39 is 5.97 Å². The molecule has 2 rings (SSSR count). The van der Waals surface area contributed by atoms with Crippen LogP contribution in [0.2, 0.25) is 0 Å². The zero-order valence-corrected chi connectivity index (χ0v) is 7.53. The van der Waals surface area contributed by atoms with Crippen LogP contribution in [0.15, 0.2) is 0 Å². The van der Waals surface area contributed by atoms with E-state index in [1.54, 1.807) is 0 Å². The number of halogens is 1. The number of nitrogens with zero attached hydrogens (tertiary/aromatic N) is 3. The van der Waals surface area contributed by atoms with Gasteiger partial charge in [0, 0.05) is 6.42 Å². The van der Waals surface area contributed by atoms with Gasteiger partial charge >= 0.3 is 5.97 Å². The standard InChI is InChI=1S/C7H8ClN3O2/c8-4-2-1-3-5-9-6(7(12)13)10-11(4)5/h4H,1-3H2,(H,12,13). The van der Waals surface area contributed by atoms with E-state index in [0.29, 0.717) is 5.82 Å². The number of aromatic nitrogens is 3. The summed E-state index contributed by atoms with van der Waals surface area (Å²) in [6.45, 7) is 0. The van der Waals surface area contributed by atoms with Crippen molar-refractivity contribution in [1.82, 2.24) is 14.8 Å². The molecule has 0 spiro atoms. The molecule has 0 saturated heterocycles. The van der Waals surface area contributed by atoms with Gasteiger partial charge in [0.15, 0.2) is 0 Å². The van der Waals surface area contributed by atoms with Crippen molar-refractivity contribution in [3.05, 3.63) is 11.6 Å². The van der Waals surface area contributed by atoms with Crippen LogP contribution in [-0.2, 0) is 6.42 Å². The molecule has 0 fully saturated rings. The van der Waals surface area contributed by atoms with E-state index >= 15 is 0 Å². The molecule has 0 bridgehead atoms. The van der Waals surface area contributed by atoms with Crippen LogP contribution in [0.3, 0.4) is 0 Å². The molecular weight excluding hydrogens is 194 g/mol. The molecule has 1 atom stereocenters. The maximum absolute atomic E-state index is 10.5. The summed E-state index contributed by atoms with van der Waals surface area (Å²) < 4.78 is 1.49. The normalized spacial score (nSPS) is 21.2. The molecule has 6 heteroatoms. The number of aromatic carboxylic acids is 1. The van der Waals surface area contributed by atoms with Gasteiger partial charge in [-0.15, -0.1) is 5.10 Å². The third-order valence-electron chi connectivity index (χ3n) is 2.00. The Kier molecular flexibility index (Phi) is 1.95. The van der Waals surface area contributed by atoms with Crippen LogP contribution in [-0.4, -0.2) is 25.8 Å². The lowest BCUT2D eigenvalue weighted by atomic mass is 10.2. The summed E-state index contributed by atoms with van der Waals surface area (Å²) in [6.07, 6.45) is 2.51. The predicted octanol–water partition coefficient (Wildman–Crippen LogP) is 1.05. The fraction of sp³-hybridized carbons (Fsp3) is 0.571. The number of hydrogen-bond acceptors (Lipinski definition) is 3. The topological polar surface area (TPSA) is 68.0 Å². The first-order valence-electron chi connectivity index (χ1n) is 4.01. The summed E-state index contributed by atoms with van der Waals surface area (Å²) in [7, 11) is 0. The second-order valence-corrected chi connectivity index (χ2v) is 3.43. The van der Waals surface area contributed by atoms with Crippen LogP contribution in [0.4, 0.5) is 0 Å². The van der Waals surface area contributed by atoms with E-state index in [2.05, 4.69) is 10.1 Å². The molecule has 1 aromatic heterocycles. The van der Waals surface area contributed by atoms with Gasteiger partial charge in [0.25, 0.3) is 5.82 Å². The van der Waals surface area contributed by atoms with E-state index in [-0.39, 0.29) is 11.3 Å². The van der Waals surface area contributed by atoms with Crippen LogP contribution in [0, 0.1) is 0 Å². The minimum Gasteiger partial charge on any atom is -0.475 e. The molecule has 13 heavy (non-hydrogen) atoms. The second kappa shape index (κ2) is 2.99. The number of carboxylic acid groups (broad SMARTS) is 1. The summed E-state index contributed by atoms with van der Waals surface area (Å²) in [6, 6.07) is 0. The summed E-state index contributed by atoms with van der Waals surface area (Å²) in [4.78, 5) is 14.4. The molecule has 2 heterocycles. The molecule has 1 N–H and O–H groups in total. The van der Waals surface area contributed by atoms with Crippen LogP contribution in [0.25, 0.3) is 0 Å². The molecule has 1 aliphatic heterocycles. The molecule has 0 aromatic carbocycles. The lowest BCUT2D eigenvalue weighted by molar-refractivity contribution is 0.0683. The molecule has 5 nitrogen and oxygen atoms in total. The Bertz CT molecular complexity index is 350. The van der Waals surface area contributed by atoms with Gasteiger partial charge in [-0.1, -0.05) is 11.6 Å². The van der Waals surface area contributed by atoms with Crippen molar-refractivity contribution in [3.8, 4) is 0 Å². The van der Waals surface area contributed by atoms with Gasteiger partial charge in [0.1, 0.15) is 11.3 Å². The largest absolute Gasteiger partial charge is 0.475 e. The number of carboxylic acids is 1. The van der Waals surface area contributed by atoms with Crippen molar-refractivity contribution in [2.24, 2.45) is 0 Å². The van der Waals surface area contributed by atoms with E-state index in [4.69, 9.17) is 16.7 Å². The van der Waals surface area contributed by atoms with Gasteiger partial charge in [-0.25, -0.2) is 14.5 Å². The number of rotatable bonds is 1. The molecule has 1 aromatic rings. The van der Waals surface area contributed by atoms with Crippen molar-refractivity contribution in [1.29, 1.82) is 0 Å². The Labute approximate surface area is 79.3 Å². The Hall–Kier alpha value is -1.10. The average Bonchev–Trinajstić information content (AvgIpc) is 2.49. The molecule has 0 saturated carbocycles. The highest BCUT2D eigenvalue weighted by atomic mass is 35.5. The van der Waals surface area contributed by atoms with Gasteiger partial charge in [0.2, 0.25) is 0 Å². The Morgan fingerprint density at radius 3 is 3.08 bits per heavy atom. The van der Waals surface area contributed by atoms with E-state index in [1.165, 1.54) is 4.68 Å². The lowest BCUT2D eigenvalue weighted by Gasteiger charge is -2.16. The van der Waals surface area contributed by atoms with E-state index in [1.807, 2.05) is 0 Å². The quantitative estimate of drug-likeness (QED) is 0.690. The zero-order valence-electron chi connectivity index (χ0n) is 6.77. The number of fused-ring (bicyclic) bond motifs is 1. The first-order valence-corrected chi connectivity index (χ1v) is 4.45. The number of carbonyl (C=O) groups is 1. The Morgan fingerprint density at radius 2 is 2.46 bits per heavy atom. The van der Waals surface area contributed by atoms with Gasteiger partial charge in [-0.2, -0.15) is 0 Å². The molecule has 0 radical (unpaired) electrons. The highest BCUT2D eigenvalue weighted by Crippen LogP contribution is 2.25. The van der Waals surface area contributed by atoms with Gasteiger partial charge < -0.3 is 5.11 Å². The number of aryl methyl sites for hydroxylation is 1. The molecule has 1 unspecified atom stereocenters. The van der Waals surface area contributed by atoms with Gasteiger partial charge in [0.05, 0.1) is 0 Å². The third kappa shape index (κ3) is 1.39. The summed E-state index contributed by atoms with van der Waals surface area (Å²) in [5, 5.41) is 12.4. The third-order valence-corrected chi connectivity index (χ3v) is 2.40. The van der Waals surface area contributed by atoms with E-state index in [0.717, 1.165) is 19.3 Å². The highest BCUT2D eigenvalue weighted by Gasteiger charge is 2.23. The monoisotopic (exact) mass is 201 g/mol. The smallest absolute Gasteiger partial charge is 0.375 e. The maximum atomic E-state index is 10.5. The Balaban J connectivity index is 2.42. The van der Waals surface area contributed by atoms with Crippen molar-refractivity contribution >= 4 is 17.6 Å². The van der Waals surface area contributed by atoms with Gasteiger partial charge in [-0.05, 0) is 12.8 Å². The van der Waals surface area contributed by atoms with Crippen molar-refractivity contribution in [2.75, 3.05) is 0 Å². The fourth-order valence-corrected chi connectivity index (χ4v) is 1.70. The minimum atomic E-state index is -1.11. The SMILES string of the molecule is O=C(O)c1nc2n(n1)C(Cl)CCC2. The summed E-state index contributed by atoms with van der Waals surface area (Å²) >= 11 is 5.93. The van der Waals surface area contributed by atoms with Crippen LogP contribution < -0.4 is 0 Å². The molecule has 70 valence electrons. The first kappa shape index (κ1) is 8.50. The molecular formula is C7H8ClN3O2. The highest BCUT2D eigenvalue weighted by molar-refractivity contribution is 6.19. The van der Waals surface area contributed by atoms with Crippen LogP contribution >= 0.6 is 11.6 Å². The van der Waals surface area contributed by atoms with Crippen LogP contribution in [0.5, 0.6) is 0 Å². The first-order chi connectivity index (χ1) is 6.18. The second-order valence-electron chi connectivity index (χ2n) is 2.93. The average molecular weight is 202 g/mol. The molecule has 1 aliphatic rings. The lowest BCUT2D eigenvalue weighted by Crippen LogP contribution is -2.14. The zero-order chi connectivity index (χ0) is 9.42. The summed E-state index contributed by atoms with van der Waals surface area (Å²) in [5.41, 5.74) is -0.246. The van der Waals surface area contributed by atoms with E-state index in [9.17, 15) is 4.79 Å². The van der Waals surface area contributed by atoms with Crippen molar-refractivity contribution in [3.63, 3.8) is 0 Å². The van der Waals surface area contributed by atoms with Gasteiger partial charge in [-0.3, -0.25) is 0 Å². The van der Waals surface area contributed by atoms with Crippen molar-refractivity contribution in [2.45, 2.75) is 24.8 Å². The predicted molar refractivity (Wildman–Crippen MR) is 44.8 cm³/mol. The fourth-order valence-electron chi connectivity index (χ4n) is 1.39. The van der Waals surface area contributed by atoms with Crippen LogP contribution in [0.1, 0.15) is 34.8 Å². The Morgan fingerprint density at radius 1 is 1.69 bits per heavy atom. The molecule has 0 amide bonds. The minimum absolute atomic E-state index is 0.164. The maximum Gasteiger partial charge on any atom is 0.375 e.